The van der Waals surface area contributed by atoms with Gasteiger partial charge in [0.25, 0.3) is 0 Å². The lowest BCUT2D eigenvalue weighted by molar-refractivity contribution is -0.140. The van der Waals surface area contributed by atoms with E-state index in [1.54, 1.807) is 6.07 Å². The molecule has 6 heteroatoms. The summed E-state index contributed by atoms with van der Waals surface area (Å²) < 4.78 is 10.7. The fraction of sp³-hybridized carbons (Fsp3) is 0.227. The number of hydrogen-bond acceptors (Lipinski definition) is 6. The maximum absolute atomic E-state index is 12.2. The van der Waals surface area contributed by atoms with Crippen LogP contribution in [-0.2, 0) is 16.0 Å². The molecule has 0 aliphatic carbocycles. The van der Waals surface area contributed by atoms with Crippen molar-refractivity contribution in [3.05, 3.63) is 47.3 Å². The van der Waals surface area contributed by atoms with Crippen molar-refractivity contribution in [1.82, 2.24) is 4.98 Å². The number of aromatic hydroxyl groups is 1. The highest BCUT2D eigenvalue weighted by Crippen LogP contribution is 2.41. The van der Waals surface area contributed by atoms with Gasteiger partial charge in [-0.25, -0.2) is 4.98 Å². The second kappa shape index (κ2) is 6.64. The van der Waals surface area contributed by atoms with Crippen molar-refractivity contribution in [3.63, 3.8) is 0 Å². The Bertz CT molecular complexity index is 1270. The number of methoxy groups -OCH3 is 1. The molecule has 0 aliphatic rings. The largest absolute Gasteiger partial charge is 0.506 e. The Hall–Kier alpha value is -3.41. The summed E-state index contributed by atoms with van der Waals surface area (Å²) >= 11 is 0. The van der Waals surface area contributed by atoms with Crippen LogP contribution in [0.5, 0.6) is 5.75 Å². The van der Waals surface area contributed by atoms with Crippen molar-refractivity contribution in [1.29, 1.82) is 0 Å². The van der Waals surface area contributed by atoms with E-state index in [2.05, 4.69) is 9.72 Å². The smallest absolute Gasteiger partial charge is 0.306 e. The molecule has 0 aliphatic heterocycles. The minimum Gasteiger partial charge on any atom is -0.506 e. The Morgan fingerprint density at radius 2 is 1.89 bits per heavy atom. The number of ketones is 1. The molecule has 6 nitrogen and oxygen atoms in total. The summed E-state index contributed by atoms with van der Waals surface area (Å²) in [6.07, 6.45) is 0.354. The van der Waals surface area contributed by atoms with Crippen molar-refractivity contribution < 1.29 is 23.8 Å². The highest BCUT2D eigenvalue weighted by molar-refractivity contribution is 6.25. The van der Waals surface area contributed by atoms with E-state index in [0.29, 0.717) is 27.8 Å². The van der Waals surface area contributed by atoms with Crippen molar-refractivity contribution in [3.8, 4) is 5.75 Å². The van der Waals surface area contributed by atoms with Gasteiger partial charge in [-0.3, -0.25) is 9.59 Å². The maximum Gasteiger partial charge on any atom is 0.306 e. The maximum atomic E-state index is 12.2. The lowest BCUT2D eigenvalue weighted by atomic mass is 9.95. The number of Topliss-reactive ketones (excluding diaryl/α,β-unsaturated/α-hetero) is 1. The van der Waals surface area contributed by atoms with Crippen LogP contribution in [0.3, 0.4) is 0 Å². The SMILES string of the molecule is COC(=O)CCc1nc2c(C(C)=O)c(O)c3ccc4c(C)cccc4c3c2o1. The van der Waals surface area contributed by atoms with Gasteiger partial charge in [-0.05, 0) is 36.2 Å². The first-order chi connectivity index (χ1) is 13.4. The summed E-state index contributed by atoms with van der Waals surface area (Å²) in [6.45, 7) is 3.39. The van der Waals surface area contributed by atoms with Gasteiger partial charge in [0.2, 0.25) is 0 Å². The minimum atomic E-state index is -0.372. The van der Waals surface area contributed by atoms with Crippen LogP contribution in [0.2, 0.25) is 0 Å². The van der Waals surface area contributed by atoms with Crippen molar-refractivity contribution >= 4 is 44.4 Å². The zero-order chi connectivity index (χ0) is 20.0. The van der Waals surface area contributed by atoms with Crippen LogP contribution in [-0.4, -0.2) is 29.0 Å². The Kier molecular flexibility index (Phi) is 4.26. The number of carbonyl (C=O) groups is 2. The average Bonchev–Trinajstić information content (AvgIpc) is 3.09. The number of aryl methyl sites for hydroxylation is 2. The van der Waals surface area contributed by atoms with E-state index in [0.717, 1.165) is 16.3 Å². The lowest BCUT2D eigenvalue weighted by Gasteiger charge is -2.10. The minimum absolute atomic E-state index is 0.105. The normalized spacial score (nSPS) is 11.4. The number of carbonyl (C=O) groups excluding carboxylic acids is 2. The van der Waals surface area contributed by atoms with E-state index in [9.17, 15) is 14.7 Å². The van der Waals surface area contributed by atoms with Gasteiger partial charge in [-0.2, -0.15) is 0 Å². The molecule has 1 heterocycles. The predicted octanol–water partition coefficient (Wildman–Crippen LogP) is 4.46. The van der Waals surface area contributed by atoms with Crippen LogP contribution in [0.25, 0.3) is 32.6 Å². The molecule has 4 aromatic rings. The molecule has 0 radical (unpaired) electrons. The third kappa shape index (κ3) is 2.69. The van der Waals surface area contributed by atoms with Gasteiger partial charge in [0.05, 0.1) is 19.1 Å². The Balaban J connectivity index is 2.10. The highest BCUT2D eigenvalue weighted by atomic mass is 16.5. The molecule has 0 saturated heterocycles. The molecule has 0 bridgehead atoms. The first-order valence-corrected chi connectivity index (χ1v) is 8.96. The quantitative estimate of drug-likeness (QED) is 0.321. The number of phenolic OH excluding ortho intramolecular Hbond substituents is 1. The van der Waals surface area contributed by atoms with Gasteiger partial charge >= 0.3 is 5.97 Å². The van der Waals surface area contributed by atoms with Gasteiger partial charge < -0.3 is 14.3 Å². The van der Waals surface area contributed by atoms with Crippen molar-refractivity contribution in [2.75, 3.05) is 7.11 Å². The lowest BCUT2D eigenvalue weighted by Crippen LogP contribution is -2.02. The molecule has 1 aromatic heterocycles. The first-order valence-electron chi connectivity index (χ1n) is 8.96. The average molecular weight is 377 g/mol. The van der Waals surface area contributed by atoms with E-state index in [1.807, 2.05) is 31.2 Å². The number of esters is 1. The molecule has 3 aromatic carbocycles. The van der Waals surface area contributed by atoms with E-state index < -0.39 is 0 Å². The van der Waals surface area contributed by atoms with Crippen LogP contribution < -0.4 is 0 Å². The topological polar surface area (TPSA) is 89.6 Å². The zero-order valence-corrected chi connectivity index (χ0v) is 15.8. The fourth-order valence-corrected chi connectivity index (χ4v) is 3.66. The number of ether oxygens (including phenoxy) is 1. The monoisotopic (exact) mass is 377 g/mol. The van der Waals surface area contributed by atoms with Gasteiger partial charge in [-0.1, -0.05) is 24.3 Å². The predicted molar refractivity (Wildman–Crippen MR) is 106 cm³/mol. The third-order valence-corrected chi connectivity index (χ3v) is 5.03. The summed E-state index contributed by atoms with van der Waals surface area (Å²) in [5, 5.41) is 14.0. The summed E-state index contributed by atoms with van der Waals surface area (Å²) in [4.78, 5) is 28.1. The van der Waals surface area contributed by atoms with Gasteiger partial charge in [0.15, 0.2) is 17.3 Å². The second-order valence-corrected chi connectivity index (χ2v) is 6.80. The fourth-order valence-electron chi connectivity index (χ4n) is 3.66. The van der Waals surface area contributed by atoms with Crippen molar-refractivity contribution in [2.45, 2.75) is 26.7 Å². The summed E-state index contributed by atoms with van der Waals surface area (Å²) in [7, 11) is 1.32. The number of rotatable bonds is 4. The van der Waals surface area contributed by atoms with E-state index >= 15 is 0 Å². The van der Waals surface area contributed by atoms with Crippen LogP contribution in [0, 0.1) is 6.92 Å². The van der Waals surface area contributed by atoms with Crippen LogP contribution in [0.1, 0.15) is 35.2 Å². The number of oxazole rings is 1. The molecular formula is C22H19NO5. The molecule has 0 amide bonds. The highest BCUT2D eigenvalue weighted by Gasteiger charge is 2.23. The number of aromatic nitrogens is 1. The van der Waals surface area contributed by atoms with Crippen molar-refractivity contribution in [2.24, 2.45) is 0 Å². The standard InChI is InChI=1S/C22H19NO5/c1-11-5-4-6-14-13(11)7-8-15-19(14)22-20(18(12(2)24)21(15)26)23-16(28-22)9-10-17(25)27-3/h4-8,26H,9-10H2,1-3H3. The Morgan fingerprint density at radius 1 is 1.14 bits per heavy atom. The molecule has 4 rings (SSSR count). The van der Waals surface area contributed by atoms with Gasteiger partial charge in [0, 0.05) is 17.2 Å². The molecule has 0 spiro atoms. The summed E-state index contributed by atoms with van der Waals surface area (Å²) in [5.41, 5.74) is 1.97. The molecule has 0 saturated carbocycles. The van der Waals surface area contributed by atoms with Gasteiger partial charge in [0.1, 0.15) is 11.3 Å². The molecule has 0 fully saturated rings. The summed E-state index contributed by atoms with van der Waals surface area (Å²) in [6, 6.07) is 9.62. The van der Waals surface area contributed by atoms with Crippen LogP contribution in [0.4, 0.5) is 0 Å². The molecular weight excluding hydrogens is 358 g/mol. The van der Waals surface area contributed by atoms with Crippen LogP contribution >= 0.6 is 0 Å². The van der Waals surface area contributed by atoms with E-state index in [-0.39, 0.29) is 35.9 Å². The number of phenols is 1. The number of hydrogen-bond donors (Lipinski definition) is 1. The van der Waals surface area contributed by atoms with E-state index in [1.165, 1.54) is 14.0 Å². The number of fused-ring (bicyclic) bond motifs is 5. The van der Waals surface area contributed by atoms with Gasteiger partial charge in [-0.15, -0.1) is 0 Å². The number of benzene rings is 3. The Morgan fingerprint density at radius 3 is 2.61 bits per heavy atom. The zero-order valence-electron chi connectivity index (χ0n) is 15.8. The molecule has 0 atom stereocenters. The third-order valence-electron chi connectivity index (χ3n) is 5.03. The molecule has 142 valence electrons. The number of nitrogens with zero attached hydrogens (tertiary/aromatic N) is 1. The molecule has 0 unspecified atom stereocenters. The summed E-state index contributed by atoms with van der Waals surface area (Å²) in [5.74, 6) is -0.463. The second-order valence-electron chi connectivity index (χ2n) is 6.80. The first kappa shape index (κ1) is 18.0. The van der Waals surface area contributed by atoms with Crippen LogP contribution in [0.15, 0.2) is 34.7 Å². The molecule has 28 heavy (non-hydrogen) atoms. The van der Waals surface area contributed by atoms with E-state index in [4.69, 9.17) is 4.42 Å². The molecule has 1 N–H and O–H groups in total. The Labute approximate surface area is 160 Å².